The van der Waals surface area contributed by atoms with E-state index in [2.05, 4.69) is 43.8 Å². The largest absolute Gasteiger partial charge is 0.345 e. The summed E-state index contributed by atoms with van der Waals surface area (Å²) in [6, 6.07) is 13.1. The van der Waals surface area contributed by atoms with Gasteiger partial charge in [-0.05, 0) is 65.4 Å². The molecule has 1 atom stereocenters. The van der Waals surface area contributed by atoms with Crippen molar-refractivity contribution in [3.8, 4) is 0 Å². The van der Waals surface area contributed by atoms with Crippen LogP contribution in [0.25, 0.3) is 0 Å². The Kier molecular flexibility index (Phi) is 5.46. The van der Waals surface area contributed by atoms with E-state index in [0.717, 1.165) is 13.6 Å². The van der Waals surface area contributed by atoms with Crippen LogP contribution in [0.5, 0.6) is 0 Å². The average Bonchev–Trinajstić information content (AvgIpc) is 2.42. The number of rotatable bonds is 3. The van der Waals surface area contributed by atoms with Crippen molar-refractivity contribution in [3.63, 3.8) is 0 Å². The third-order valence-electron chi connectivity index (χ3n) is 2.89. The number of hydrogen-bond acceptors (Lipinski definition) is 1. The fourth-order valence-corrected chi connectivity index (χ4v) is 2.80. The van der Waals surface area contributed by atoms with Gasteiger partial charge in [-0.3, -0.25) is 4.79 Å². The zero-order chi connectivity index (χ0) is 14.7. The van der Waals surface area contributed by atoms with Crippen LogP contribution in [-0.4, -0.2) is 5.91 Å². The second kappa shape index (κ2) is 6.91. The predicted octanol–water partition coefficient (Wildman–Crippen LogP) is 5.20. The van der Waals surface area contributed by atoms with E-state index in [0.29, 0.717) is 10.6 Å². The summed E-state index contributed by atoms with van der Waals surface area (Å²) in [4.78, 5) is 12.3. The third-order valence-corrected chi connectivity index (χ3v) is 4.60. The van der Waals surface area contributed by atoms with Crippen LogP contribution >= 0.6 is 50.1 Å². The normalized spacial score (nSPS) is 12.0. The highest BCUT2D eigenvalue weighted by molar-refractivity contribution is 14.1. The van der Waals surface area contributed by atoms with Crippen LogP contribution in [0.4, 0.5) is 0 Å². The number of carbonyl (C=O) groups excluding carboxylic acids is 1. The number of hydrogen-bond donors (Lipinski definition) is 1. The molecule has 2 aromatic carbocycles. The topological polar surface area (TPSA) is 29.1 Å². The van der Waals surface area contributed by atoms with Gasteiger partial charge in [0.2, 0.25) is 0 Å². The molecule has 0 aliphatic rings. The van der Waals surface area contributed by atoms with Crippen molar-refractivity contribution in [3.05, 3.63) is 66.7 Å². The van der Waals surface area contributed by atoms with Crippen molar-refractivity contribution in [1.29, 1.82) is 0 Å². The quantitative estimate of drug-likeness (QED) is 0.622. The Morgan fingerprint density at radius 1 is 1.25 bits per heavy atom. The maximum Gasteiger partial charge on any atom is 0.252 e. The van der Waals surface area contributed by atoms with Gasteiger partial charge in [-0.2, -0.15) is 0 Å². The summed E-state index contributed by atoms with van der Waals surface area (Å²) in [6.07, 6.45) is 0. The standard InChI is InChI=1S/C15H12BrClINO/c1-9(10-2-4-11(16)5-3-10)19-15(20)13-8-12(17)6-7-14(13)18/h2-9H,1H3,(H,19,20)/t9-/m1/s1. The first kappa shape index (κ1) is 15.8. The third kappa shape index (κ3) is 3.96. The van der Waals surface area contributed by atoms with E-state index in [1.807, 2.05) is 37.3 Å². The van der Waals surface area contributed by atoms with E-state index in [4.69, 9.17) is 11.6 Å². The van der Waals surface area contributed by atoms with Crippen molar-refractivity contribution >= 4 is 56.0 Å². The minimum absolute atomic E-state index is 0.0645. The average molecular weight is 465 g/mol. The molecule has 1 N–H and O–H groups in total. The zero-order valence-corrected chi connectivity index (χ0v) is 15.2. The summed E-state index contributed by atoms with van der Waals surface area (Å²) < 4.78 is 1.90. The first-order chi connectivity index (χ1) is 9.47. The highest BCUT2D eigenvalue weighted by Gasteiger charge is 2.14. The van der Waals surface area contributed by atoms with E-state index in [-0.39, 0.29) is 11.9 Å². The molecule has 0 aliphatic heterocycles. The maximum absolute atomic E-state index is 12.3. The van der Waals surface area contributed by atoms with Gasteiger partial charge in [-0.25, -0.2) is 0 Å². The lowest BCUT2D eigenvalue weighted by Crippen LogP contribution is -2.27. The molecule has 2 rings (SSSR count). The zero-order valence-electron chi connectivity index (χ0n) is 10.7. The first-order valence-electron chi connectivity index (χ1n) is 5.99. The molecule has 0 spiro atoms. The summed E-state index contributed by atoms with van der Waals surface area (Å²) in [7, 11) is 0. The van der Waals surface area contributed by atoms with Gasteiger partial charge < -0.3 is 5.32 Å². The minimum atomic E-state index is -0.118. The fraction of sp³-hybridized carbons (Fsp3) is 0.133. The second-order valence-corrected chi connectivity index (χ2v) is 6.89. The van der Waals surface area contributed by atoms with Crippen molar-refractivity contribution in [2.24, 2.45) is 0 Å². The van der Waals surface area contributed by atoms with Crippen molar-refractivity contribution in [2.75, 3.05) is 0 Å². The van der Waals surface area contributed by atoms with Crippen LogP contribution in [-0.2, 0) is 0 Å². The van der Waals surface area contributed by atoms with Gasteiger partial charge in [0.25, 0.3) is 5.91 Å². The molecular formula is C15H12BrClINO. The summed E-state index contributed by atoms with van der Waals surface area (Å²) in [5.41, 5.74) is 1.65. The van der Waals surface area contributed by atoms with E-state index < -0.39 is 0 Å². The summed E-state index contributed by atoms with van der Waals surface area (Å²) >= 11 is 11.5. The smallest absolute Gasteiger partial charge is 0.252 e. The molecule has 5 heteroatoms. The Balaban J connectivity index is 2.15. The molecule has 0 saturated carbocycles. The van der Waals surface area contributed by atoms with Gasteiger partial charge in [0.05, 0.1) is 11.6 Å². The molecule has 0 bridgehead atoms. The molecule has 104 valence electrons. The summed E-state index contributed by atoms with van der Waals surface area (Å²) in [6.45, 7) is 1.96. The molecule has 0 aliphatic carbocycles. The lowest BCUT2D eigenvalue weighted by atomic mass is 10.1. The molecular weight excluding hydrogens is 452 g/mol. The van der Waals surface area contributed by atoms with Crippen LogP contribution in [0, 0.1) is 3.57 Å². The predicted molar refractivity (Wildman–Crippen MR) is 94.2 cm³/mol. The molecule has 0 radical (unpaired) electrons. The molecule has 1 amide bonds. The van der Waals surface area contributed by atoms with Gasteiger partial charge >= 0.3 is 0 Å². The lowest BCUT2D eigenvalue weighted by molar-refractivity contribution is 0.0939. The van der Waals surface area contributed by atoms with Crippen molar-refractivity contribution < 1.29 is 4.79 Å². The molecule has 20 heavy (non-hydrogen) atoms. The molecule has 0 saturated heterocycles. The Morgan fingerprint density at radius 2 is 1.90 bits per heavy atom. The highest BCUT2D eigenvalue weighted by atomic mass is 127. The molecule has 2 aromatic rings. The van der Waals surface area contributed by atoms with Crippen LogP contribution in [0.1, 0.15) is 28.9 Å². The van der Waals surface area contributed by atoms with Gasteiger partial charge in [0.1, 0.15) is 0 Å². The number of amides is 1. The van der Waals surface area contributed by atoms with Gasteiger partial charge in [-0.1, -0.05) is 39.7 Å². The molecule has 0 fully saturated rings. The van der Waals surface area contributed by atoms with Crippen LogP contribution in [0.3, 0.4) is 0 Å². The second-order valence-electron chi connectivity index (χ2n) is 4.37. The summed E-state index contributed by atoms with van der Waals surface area (Å²) in [5.74, 6) is -0.118. The number of nitrogens with one attached hydrogen (secondary N) is 1. The Labute approximate surface area is 145 Å². The van der Waals surface area contributed by atoms with Gasteiger partial charge in [0, 0.05) is 13.1 Å². The number of halogens is 3. The van der Waals surface area contributed by atoms with E-state index in [9.17, 15) is 4.79 Å². The van der Waals surface area contributed by atoms with Crippen molar-refractivity contribution in [2.45, 2.75) is 13.0 Å². The molecule has 0 unspecified atom stereocenters. The number of benzene rings is 2. The van der Waals surface area contributed by atoms with Crippen molar-refractivity contribution in [1.82, 2.24) is 5.32 Å². The highest BCUT2D eigenvalue weighted by Crippen LogP contribution is 2.20. The molecule has 0 heterocycles. The summed E-state index contributed by atoms with van der Waals surface area (Å²) in [5, 5.41) is 3.54. The van der Waals surface area contributed by atoms with Crippen LogP contribution < -0.4 is 5.32 Å². The van der Waals surface area contributed by atoms with Gasteiger partial charge in [0.15, 0.2) is 0 Å². The minimum Gasteiger partial charge on any atom is -0.345 e. The van der Waals surface area contributed by atoms with Gasteiger partial charge in [-0.15, -0.1) is 0 Å². The molecule has 0 aromatic heterocycles. The Hall–Kier alpha value is -0.590. The van der Waals surface area contributed by atoms with E-state index in [1.165, 1.54) is 0 Å². The van der Waals surface area contributed by atoms with E-state index in [1.54, 1.807) is 12.1 Å². The first-order valence-corrected chi connectivity index (χ1v) is 8.23. The van der Waals surface area contributed by atoms with Crippen LogP contribution in [0.15, 0.2) is 46.9 Å². The van der Waals surface area contributed by atoms with Crippen LogP contribution in [0.2, 0.25) is 5.02 Å². The Morgan fingerprint density at radius 3 is 2.55 bits per heavy atom. The Bertz CT molecular complexity index is 630. The molecule has 2 nitrogen and oxygen atoms in total. The number of carbonyl (C=O) groups is 1. The van der Waals surface area contributed by atoms with E-state index >= 15 is 0 Å². The monoisotopic (exact) mass is 463 g/mol. The fourth-order valence-electron chi connectivity index (χ4n) is 1.78. The maximum atomic E-state index is 12.3. The lowest BCUT2D eigenvalue weighted by Gasteiger charge is -2.15. The SMILES string of the molecule is C[C@@H](NC(=O)c1cc(Cl)ccc1I)c1ccc(Br)cc1.